The van der Waals surface area contributed by atoms with Gasteiger partial charge in [-0.05, 0) is 73.0 Å². The van der Waals surface area contributed by atoms with E-state index in [9.17, 15) is 9.59 Å². The largest absolute Gasteiger partial charge is 0.485 e. The van der Waals surface area contributed by atoms with Crippen LogP contribution in [0.3, 0.4) is 0 Å². The minimum absolute atomic E-state index is 0.184. The number of amides is 2. The summed E-state index contributed by atoms with van der Waals surface area (Å²) < 4.78 is 17.7. The van der Waals surface area contributed by atoms with Gasteiger partial charge in [-0.2, -0.15) is 0 Å². The second-order valence-corrected chi connectivity index (χ2v) is 8.77. The average molecular weight is 468 g/mol. The zero-order valence-electron chi connectivity index (χ0n) is 18.8. The summed E-state index contributed by atoms with van der Waals surface area (Å²) in [5, 5.41) is 2.87. The number of nitrogens with one attached hydrogen (secondary N) is 1. The highest BCUT2D eigenvalue weighted by Crippen LogP contribution is 2.38. The van der Waals surface area contributed by atoms with Crippen molar-refractivity contribution in [1.82, 2.24) is 5.32 Å². The van der Waals surface area contributed by atoms with Gasteiger partial charge in [-0.25, -0.2) is 4.79 Å². The van der Waals surface area contributed by atoms with Crippen molar-refractivity contribution in [2.24, 2.45) is 5.92 Å². The summed E-state index contributed by atoms with van der Waals surface area (Å²) in [6, 6.07) is 13.0. The molecule has 0 bridgehead atoms. The molecule has 1 aliphatic carbocycles. The number of hydrogen-bond donors (Lipinski definition) is 1. The van der Waals surface area contributed by atoms with Crippen LogP contribution < -0.4 is 14.8 Å². The molecule has 0 spiro atoms. The molecule has 2 aromatic rings. The summed E-state index contributed by atoms with van der Waals surface area (Å²) >= 11 is 5.95. The number of halogens is 1. The number of cyclic esters (lactones) is 1. The van der Waals surface area contributed by atoms with Crippen LogP contribution in [0.25, 0.3) is 0 Å². The number of hydrogen-bond acceptors (Lipinski definition) is 5. The van der Waals surface area contributed by atoms with Crippen LogP contribution in [0.15, 0.2) is 66.3 Å². The summed E-state index contributed by atoms with van der Waals surface area (Å²) in [6.45, 7) is 5.67. The molecule has 2 unspecified atom stereocenters. The first-order valence-electron chi connectivity index (χ1n) is 11.0. The van der Waals surface area contributed by atoms with Crippen LogP contribution in [0.1, 0.15) is 32.8 Å². The van der Waals surface area contributed by atoms with Crippen molar-refractivity contribution < 1.29 is 23.8 Å². The highest BCUT2D eigenvalue weighted by molar-refractivity contribution is 6.30. The van der Waals surface area contributed by atoms with E-state index in [1.165, 1.54) is 0 Å². The number of ether oxygens (including phenoxy) is 3. The van der Waals surface area contributed by atoms with Crippen LogP contribution in [0, 0.1) is 5.92 Å². The Morgan fingerprint density at radius 2 is 1.85 bits per heavy atom. The maximum Gasteiger partial charge on any atom is 0.415 e. The van der Waals surface area contributed by atoms with Gasteiger partial charge >= 0.3 is 6.09 Å². The smallest absolute Gasteiger partial charge is 0.415 e. The van der Waals surface area contributed by atoms with Crippen LogP contribution in [-0.4, -0.2) is 23.7 Å². The summed E-state index contributed by atoms with van der Waals surface area (Å²) in [7, 11) is 0. The van der Waals surface area contributed by atoms with Gasteiger partial charge in [0.2, 0.25) is 5.60 Å². The minimum Gasteiger partial charge on any atom is -0.485 e. The summed E-state index contributed by atoms with van der Waals surface area (Å²) in [6.07, 6.45) is 6.30. The summed E-state index contributed by atoms with van der Waals surface area (Å²) in [4.78, 5) is 24.0. The lowest BCUT2D eigenvalue weighted by molar-refractivity contribution is -0.128. The fourth-order valence-electron chi connectivity index (χ4n) is 4.14. The number of alkyl carbamates (subject to hydrolysis) is 1. The van der Waals surface area contributed by atoms with E-state index in [4.69, 9.17) is 25.8 Å². The van der Waals surface area contributed by atoms with E-state index in [1.54, 1.807) is 19.1 Å². The molecule has 1 aliphatic heterocycles. The first-order valence-corrected chi connectivity index (χ1v) is 11.3. The number of carbonyl (C=O) groups is 2. The Bertz CT molecular complexity index is 1120. The molecular weight excluding hydrogens is 442 g/mol. The zero-order chi connectivity index (χ0) is 23.6. The van der Waals surface area contributed by atoms with Crippen LogP contribution >= 0.6 is 11.6 Å². The Morgan fingerprint density at radius 3 is 2.52 bits per heavy atom. The molecule has 172 valence electrons. The minimum atomic E-state index is -1.34. The van der Waals surface area contributed by atoms with Gasteiger partial charge in [0.25, 0.3) is 5.91 Å². The van der Waals surface area contributed by atoms with E-state index in [0.717, 1.165) is 24.2 Å². The third kappa shape index (κ3) is 4.76. The first kappa shape index (κ1) is 22.9. The van der Waals surface area contributed by atoms with Gasteiger partial charge in [0.05, 0.1) is 0 Å². The van der Waals surface area contributed by atoms with E-state index >= 15 is 0 Å². The standard InChI is InChI=1S/C26H26ClNO5/c1-4-6-17-15-20(31-19-11-9-18(27)10-12-19)13-14-23(17)32-22-8-5-7-21(16(22)2)26(3)24(29)28-25(30)33-26/h5,7-16,22H,4,6H2,1-3H3,(H,28,29,30)/t16?,22?,26-/m1/s1. The van der Waals surface area contributed by atoms with Crippen molar-refractivity contribution >= 4 is 23.6 Å². The van der Waals surface area contributed by atoms with Crippen molar-refractivity contribution in [2.75, 3.05) is 0 Å². The molecule has 2 amide bonds. The SMILES string of the molecule is CCCc1cc(Oc2ccc(Cl)cc2)ccc1OC1C=CC=C([C@@]2(C)OC(=O)NC2=O)C1C. The van der Waals surface area contributed by atoms with Gasteiger partial charge in [0.15, 0.2) is 0 Å². The lowest BCUT2D eigenvalue weighted by Gasteiger charge is -2.33. The predicted molar refractivity (Wildman–Crippen MR) is 126 cm³/mol. The topological polar surface area (TPSA) is 73.9 Å². The second kappa shape index (κ2) is 9.32. The van der Waals surface area contributed by atoms with Gasteiger partial charge in [-0.1, -0.05) is 44.0 Å². The lowest BCUT2D eigenvalue weighted by atomic mass is 9.80. The van der Waals surface area contributed by atoms with Crippen molar-refractivity contribution in [3.63, 3.8) is 0 Å². The third-order valence-corrected chi connectivity index (χ3v) is 6.17. The quantitative estimate of drug-likeness (QED) is 0.541. The molecule has 0 saturated carbocycles. The van der Waals surface area contributed by atoms with Gasteiger partial charge in [-0.3, -0.25) is 10.1 Å². The van der Waals surface area contributed by atoms with E-state index < -0.39 is 17.6 Å². The van der Waals surface area contributed by atoms with E-state index in [1.807, 2.05) is 55.5 Å². The number of imide groups is 1. The molecule has 0 radical (unpaired) electrons. The molecule has 6 nitrogen and oxygen atoms in total. The van der Waals surface area contributed by atoms with Crippen LogP contribution in [0.2, 0.25) is 5.02 Å². The Morgan fingerprint density at radius 1 is 1.12 bits per heavy atom. The van der Waals surface area contributed by atoms with Gasteiger partial charge in [0, 0.05) is 10.9 Å². The maximum absolute atomic E-state index is 12.4. The van der Waals surface area contributed by atoms with Crippen molar-refractivity contribution in [3.8, 4) is 17.2 Å². The molecule has 3 atom stereocenters. The van der Waals surface area contributed by atoms with Crippen molar-refractivity contribution in [1.29, 1.82) is 0 Å². The predicted octanol–water partition coefficient (Wildman–Crippen LogP) is 5.99. The third-order valence-electron chi connectivity index (χ3n) is 5.92. The molecule has 1 heterocycles. The van der Waals surface area contributed by atoms with Gasteiger partial charge in [0.1, 0.15) is 23.4 Å². The fraction of sp³-hybridized carbons (Fsp3) is 0.308. The Kier molecular flexibility index (Phi) is 6.47. The Balaban J connectivity index is 1.54. The monoisotopic (exact) mass is 467 g/mol. The second-order valence-electron chi connectivity index (χ2n) is 8.33. The van der Waals surface area contributed by atoms with Gasteiger partial charge < -0.3 is 14.2 Å². The molecule has 1 saturated heterocycles. The first-order chi connectivity index (χ1) is 15.8. The fourth-order valence-corrected chi connectivity index (χ4v) is 4.27. The van der Waals surface area contributed by atoms with Gasteiger partial charge in [-0.15, -0.1) is 0 Å². The molecule has 2 aliphatic rings. The zero-order valence-corrected chi connectivity index (χ0v) is 19.5. The highest BCUT2D eigenvalue weighted by Gasteiger charge is 2.50. The van der Waals surface area contributed by atoms with E-state index in [0.29, 0.717) is 22.1 Å². The maximum atomic E-state index is 12.4. The molecule has 7 heteroatoms. The molecule has 1 N–H and O–H groups in total. The molecule has 1 fully saturated rings. The van der Waals surface area contributed by atoms with Crippen molar-refractivity contribution in [3.05, 3.63) is 76.9 Å². The molecular formula is C26H26ClNO5. The van der Waals surface area contributed by atoms with Crippen LogP contribution in [0.4, 0.5) is 4.79 Å². The molecule has 4 rings (SSSR count). The Hall–Kier alpha value is -3.25. The molecule has 2 aromatic carbocycles. The number of rotatable bonds is 7. The number of benzene rings is 2. The van der Waals surface area contributed by atoms with Crippen molar-refractivity contribution in [2.45, 2.75) is 45.3 Å². The number of aryl methyl sites for hydroxylation is 1. The molecule has 33 heavy (non-hydrogen) atoms. The van der Waals surface area contributed by atoms with E-state index in [-0.39, 0.29) is 12.0 Å². The number of allylic oxidation sites excluding steroid dienone is 2. The normalized spacial score (nSPS) is 24.2. The van der Waals surface area contributed by atoms with E-state index in [2.05, 4.69) is 12.2 Å². The van der Waals surface area contributed by atoms with Crippen LogP contribution in [-0.2, 0) is 16.0 Å². The summed E-state index contributed by atoms with van der Waals surface area (Å²) in [5.74, 6) is 1.52. The highest BCUT2D eigenvalue weighted by atomic mass is 35.5. The lowest BCUT2D eigenvalue weighted by Crippen LogP contribution is -2.43. The summed E-state index contributed by atoms with van der Waals surface area (Å²) in [5.41, 5.74) is 0.376. The number of carbonyl (C=O) groups excluding carboxylic acids is 2. The Labute approximate surface area is 198 Å². The molecule has 0 aromatic heterocycles. The average Bonchev–Trinajstić information content (AvgIpc) is 3.05. The van der Waals surface area contributed by atoms with Crippen LogP contribution in [0.5, 0.6) is 17.2 Å².